The number of hydrogen-bond acceptors (Lipinski definition) is 4. The van der Waals surface area contributed by atoms with Crippen LogP contribution in [-0.4, -0.2) is 26.2 Å². The van der Waals surface area contributed by atoms with Crippen molar-refractivity contribution in [2.75, 3.05) is 30.8 Å². The molecule has 1 aromatic carbocycles. The molecule has 0 aliphatic heterocycles. The lowest BCUT2D eigenvalue weighted by Crippen LogP contribution is -2.30. The second-order valence-corrected chi connectivity index (χ2v) is 3.18. The molecule has 0 saturated heterocycles. The van der Waals surface area contributed by atoms with E-state index < -0.39 is 0 Å². The maximum atomic E-state index is 11.1. The summed E-state index contributed by atoms with van der Waals surface area (Å²) in [6, 6.07) is 7.41. The third kappa shape index (κ3) is 3.16. The Kier molecular flexibility index (Phi) is 3.97. The lowest BCUT2D eigenvalue weighted by atomic mass is 10.2. The van der Waals surface area contributed by atoms with Gasteiger partial charge < -0.3 is 15.4 Å². The molecule has 0 radical (unpaired) electrons. The average Bonchev–Trinajstić information content (AvgIpc) is 2.27. The summed E-state index contributed by atoms with van der Waals surface area (Å²) in [6.45, 7) is 3.00. The molecule has 4 heteroatoms. The van der Waals surface area contributed by atoms with Gasteiger partial charge in [-0.15, -0.1) is 0 Å². The Bertz CT molecular complexity index is 322. The van der Waals surface area contributed by atoms with Gasteiger partial charge in [-0.25, -0.2) is 0 Å². The molecule has 0 unspecified atom stereocenters. The Labute approximate surface area is 89.6 Å². The first-order valence-corrected chi connectivity index (χ1v) is 4.84. The van der Waals surface area contributed by atoms with Crippen LogP contribution < -0.4 is 10.6 Å². The largest absolute Gasteiger partial charge is 0.468 e. The highest BCUT2D eigenvalue weighted by atomic mass is 16.5. The Hall–Kier alpha value is -1.71. The topological polar surface area (TPSA) is 55.6 Å². The molecule has 0 aliphatic carbocycles. The summed E-state index contributed by atoms with van der Waals surface area (Å²) in [5.74, 6) is -0.242. The zero-order valence-corrected chi connectivity index (χ0v) is 9.06. The molecule has 0 saturated carbocycles. The molecule has 1 aromatic rings. The van der Waals surface area contributed by atoms with Crippen LogP contribution in [0.25, 0.3) is 0 Å². The normalized spacial score (nSPS) is 9.73. The second-order valence-electron chi connectivity index (χ2n) is 3.18. The van der Waals surface area contributed by atoms with E-state index in [9.17, 15) is 4.79 Å². The molecule has 2 N–H and O–H groups in total. The molecule has 0 aliphatic rings. The monoisotopic (exact) mass is 208 g/mol. The van der Waals surface area contributed by atoms with Crippen LogP contribution >= 0.6 is 0 Å². The maximum Gasteiger partial charge on any atom is 0.325 e. The van der Waals surface area contributed by atoms with Gasteiger partial charge in [0, 0.05) is 17.9 Å². The van der Waals surface area contributed by atoms with Gasteiger partial charge in [0.1, 0.15) is 6.54 Å². The first-order chi connectivity index (χ1) is 7.17. The first kappa shape index (κ1) is 11.4. The molecule has 0 fully saturated rings. The average molecular weight is 208 g/mol. The van der Waals surface area contributed by atoms with Crippen molar-refractivity contribution in [3.05, 3.63) is 24.3 Å². The summed E-state index contributed by atoms with van der Waals surface area (Å²) in [5.41, 5.74) is 7.27. The van der Waals surface area contributed by atoms with Gasteiger partial charge in [-0.2, -0.15) is 0 Å². The highest BCUT2D eigenvalue weighted by Crippen LogP contribution is 2.15. The van der Waals surface area contributed by atoms with E-state index in [1.54, 1.807) is 0 Å². The fourth-order valence-electron chi connectivity index (χ4n) is 1.29. The van der Waals surface area contributed by atoms with E-state index in [2.05, 4.69) is 4.74 Å². The minimum absolute atomic E-state index is 0.242. The fourth-order valence-corrected chi connectivity index (χ4v) is 1.29. The smallest absolute Gasteiger partial charge is 0.325 e. The maximum absolute atomic E-state index is 11.1. The number of rotatable bonds is 4. The molecule has 4 nitrogen and oxygen atoms in total. The molecule has 0 amide bonds. The van der Waals surface area contributed by atoms with Crippen LogP contribution in [0, 0.1) is 0 Å². The van der Waals surface area contributed by atoms with Crippen LogP contribution in [0.15, 0.2) is 24.3 Å². The third-order valence-electron chi connectivity index (χ3n) is 2.19. The van der Waals surface area contributed by atoms with Crippen molar-refractivity contribution >= 4 is 17.3 Å². The summed E-state index contributed by atoms with van der Waals surface area (Å²) in [6.07, 6.45) is 0. The molecule has 82 valence electrons. The number of nitrogens with two attached hydrogens (primary N) is 1. The number of carbonyl (C=O) groups is 1. The highest BCUT2D eigenvalue weighted by Gasteiger charge is 2.09. The Morgan fingerprint density at radius 3 is 2.47 bits per heavy atom. The summed E-state index contributed by atoms with van der Waals surface area (Å²) < 4.78 is 4.62. The third-order valence-corrected chi connectivity index (χ3v) is 2.19. The van der Waals surface area contributed by atoms with Crippen molar-refractivity contribution in [3.8, 4) is 0 Å². The molecule has 0 heterocycles. The number of esters is 1. The summed E-state index contributed by atoms with van der Waals surface area (Å²) in [4.78, 5) is 13.1. The molecule has 1 rings (SSSR count). The van der Waals surface area contributed by atoms with Gasteiger partial charge in [-0.3, -0.25) is 4.79 Å². The van der Waals surface area contributed by atoms with Crippen molar-refractivity contribution in [2.24, 2.45) is 0 Å². The summed E-state index contributed by atoms with van der Waals surface area (Å²) in [5, 5.41) is 0. The minimum atomic E-state index is -0.242. The number of carbonyl (C=O) groups excluding carboxylic acids is 1. The summed E-state index contributed by atoms with van der Waals surface area (Å²) in [7, 11) is 1.39. The van der Waals surface area contributed by atoms with Crippen molar-refractivity contribution in [1.29, 1.82) is 0 Å². The lowest BCUT2D eigenvalue weighted by Gasteiger charge is -2.21. The van der Waals surface area contributed by atoms with E-state index in [0.717, 1.165) is 12.2 Å². The SMILES string of the molecule is CCN(CC(=O)OC)c1ccc(N)cc1. The van der Waals surface area contributed by atoms with Crippen molar-refractivity contribution in [3.63, 3.8) is 0 Å². The number of nitrogens with zero attached hydrogens (tertiary/aromatic N) is 1. The summed E-state index contributed by atoms with van der Waals surface area (Å²) >= 11 is 0. The van der Waals surface area contributed by atoms with Crippen molar-refractivity contribution in [2.45, 2.75) is 6.92 Å². The van der Waals surface area contributed by atoms with Crippen molar-refractivity contribution < 1.29 is 9.53 Å². The molecular formula is C11H16N2O2. The predicted octanol–water partition coefficient (Wildman–Crippen LogP) is 1.27. The Balaban J connectivity index is 2.74. The van der Waals surface area contributed by atoms with Crippen LogP contribution in [0.1, 0.15) is 6.92 Å². The fraction of sp³-hybridized carbons (Fsp3) is 0.364. The predicted molar refractivity (Wildman–Crippen MR) is 60.8 cm³/mol. The quantitative estimate of drug-likeness (QED) is 0.598. The van der Waals surface area contributed by atoms with Gasteiger partial charge in [-0.1, -0.05) is 0 Å². The molecule has 0 bridgehead atoms. The van der Waals surface area contributed by atoms with E-state index in [1.807, 2.05) is 36.1 Å². The van der Waals surface area contributed by atoms with Gasteiger partial charge in [0.2, 0.25) is 0 Å². The number of hydrogen-bond donors (Lipinski definition) is 1. The minimum Gasteiger partial charge on any atom is -0.468 e. The number of likely N-dealkylation sites (N-methyl/N-ethyl adjacent to an activating group) is 1. The Morgan fingerprint density at radius 1 is 1.40 bits per heavy atom. The van der Waals surface area contributed by atoms with Gasteiger partial charge in [-0.05, 0) is 31.2 Å². The first-order valence-electron chi connectivity index (χ1n) is 4.84. The van der Waals surface area contributed by atoms with Gasteiger partial charge >= 0.3 is 5.97 Å². The van der Waals surface area contributed by atoms with Crippen LogP contribution in [0.4, 0.5) is 11.4 Å². The van der Waals surface area contributed by atoms with E-state index in [0.29, 0.717) is 5.69 Å². The molecule has 0 atom stereocenters. The standard InChI is InChI=1S/C11H16N2O2/c1-3-13(8-11(14)15-2)10-6-4-9(12)5-7-10/h4-7H,3,8,12H2,1-2H3. The van der Waals surface area contributed by atoms with Crippen LogP contribution in [0.3, 0.4) is 0 Å². The molecule has 0 aromatic heterocycles. The number of nitrogen functional groups attached to an aromatic ring is 1. The Morgan fingerprint density at radius 2 is 2.00 bits per heavy atom. The van der Waals surface area contributed by atoms with Gasteiger partial charge in [0.25, 0.3) is 0 Å². The highest BCUT2D eigenvalue weighted by molar-refractivity contribution is 5.75. The van der Waals surface area contributed by atoms with E-state index in [-0.39, 0.29) is 12.5 Å². The zero-order chi connectivity index (χ0) is 11.3. The van der Waals surface area contributed by atoms with Gasteiger partial charge in [0.05, 0.1) is 7.11 Å². The molecular weight excluding hydrogens is 192 g/mol. The number of benzene rings is 1. The molecule has 0 spiro atoms. The van der Waals surface area contributed by atoms with E-state index >= 15 is 0 Å². The zero-order valence-electron chi connectivity index (χ0n) is 9.06. The van der Waals surface area contributed by atoms with E-state index in [4.69, 9.17) is 5.73 Å². The van der Waals surface area contributed by atoms with E-state index in [1.165, 1.54) is 7.11 Å². The van der Waals surface area contributed by atoms with Crippen LogP contribution in [0.5, 0.6) is 0 Å². The van der Waals surface area contributed by atoms with Crippen molar-refractivity contribution in [1.82, 2.24) is 0 Å². The number of methoxy groups -OCH3 is 1. The van der Waals surface area contributed by atoms with Crippen LogP contribution in [0.2, 0.25) is 0 Å². The lowest BCUT2D eigenvalue weighted by molar-refractivity contribution is -0.138. The molecule has 15 heavy (non-hydrogen) atoms. The number of ether oxygens (including phenoxy) is 1. The number of anilines is 2. The second kappa shape index (κ2) is 5.24. The van der Waals surface area contributed by atoms with Crippen LogP contribution in [-0.2, 0) is 9.53 Å². The van der Waals surface area contributed by atoms with Gasteiger partial charge in [0.15, 0.2) is 0 Å².